The molecule has 1 aromatic carbocycles. The van der Waals surface area contributed by atoms with E-state index in [0.29, 0.717) is 16.9 Å². The molecule has 0 fully saturated rings. The van der Waals surface area contributed by atoms with Gasteiger partial charge in [0.15, 0.2) is 0 Å². The smallest absolute Gasteiger partial charge is 0.255 e. The van der Waals surface area contributed by atoms with Crippen LogP contribution in [0.4, 0.5) is 4.39 Å². The lowest BCUT2D eigenvalue weighted by molar-refractivity contribution is 0.0947. The number of hydrogen-bond acceptors (Lipinski definition) is 1. The summed E-state index contributed by atoms with van der Waals surface area (Å²) in [5, 5.41) is 3.69. The Kier molecular flexibility index (Phi) is 6.86. The van der Waals surface area contributed by atoms with E-state index < -0.39 is 5.82 Å². The van der Waals surface area contributed by atoms with Crippen molar-refractivity contribution in [2.24, 2.45) is 5.92 Å². The van der Waals surface area contributed by atoms with Crippen LogP contribution in [-0.2, 0) is 0 Å². The van der Waals surface area contributed by atoms with Crippen molar-refractivity contribution in [2.45, 2.75) is 19.8 Å². The molecule has 0 heterocycles. The van der Waals surface area contributed by atoms with Crippen LogP contribution in [0.2, 0.25) is 0 Å². The van der Waals surface area contributed by atoms with Crippen LogP contribution in [0.3, 0.4) is 0 Å². The van der Waals surface area contributed by atoms with Gasteiger partial charge >= 0.3 is 0 Å². The molecule has 1 N–H and O–H groups in total. The second-order valence-electron chi connectivity index (χ2n) is 4.25. The zero-order chi connectivity index (χ0) is 13.5. The Balaban J connectivity index is 2.46. The summed E-state index contributed by atoms with van der Waals surface area (Å²) in [7, 11) is 0. The number of carbonyl (C=O) groups excluding carboxylic acids is 1. The average Bonchev–Trinajstić information content (AvgIpc) is 2.34. The third-order valence-corrected chi connectivity index (χ3v) is 4.38. The van der Waals surface area contributed by atoms with Crippen LogP contribution in [0.15, 0.2) is 22.7 Å². The Bertz CT molecular complexity index is 392. The van der Waals surface area contributed by atoms with E-state index >= 15 is 0 Å². The molecule has 0 aliphatic heterocycles. The highest BCUT2D eigenvalue weighted by atomic mass is 79.9. The number of nitrogens with one attached hydrogen (secondary N) is 1. The summed E-state index contributed by atoms with van der Waals surface area (Å²) >= 11 is 6.59. The quantitative estimate of drug-likeness (QED) is 0.583. The average molecular weight is 381 g/mol. The number of hydrogen-bond donors (Lipinski definition) is 1. The standard InChI is InChI=1S/C13H16Br2FNO/c1-9(8-14)4-3-7-17-13(18)12-10(15)5-2-6-11(12)16/h2,5-6,9H,3-4,7-8H2,1H3,(H,17,18). The van der Waals surface area contributed by atoms with Gasteiger partial charge in [-0.25, -0.2) is 4.39 Å². The summed E-state index contributed by atoms with van der Waals surface area (Å²) < 4.78 is 14.0. The fourth-order valence-electron chi connectivity index (χ4n) is 1.53. The Labute approximate surface area is 124 Å². The van der Waals surface area contributed by atoms with Gasteiger partial charge in [-0.1, -0.05) is 28.9 Å². The minimum Gasteiger partial charge on any atom is -0.352 e. The first kappa shape index (κ1) is 15.6. The highest BCUT2D eigenvalue weighted by molar-refractivity contribution is 9.10. The molecule has 1 unspecified atom stereocenters. The van der Waals surface area contributed by atoms with Crippen molar-refractivity contribution < 1.29 is 9.18 Å². The van der Waals surface area contributed by atoms with E-state index in [-0.39, 0.29) is 11.5 Å². The zero-order valence-corrected chi connectivity index (χ0v) is 13.4. The first-order valence-corrected chi connectivity index (χ1v) is 7.76. The van der Waals surface area contributed by atoms with E-state index in [1.165, 1.54) is 6.07 Å². The fraction of sp³-hybridized carbons (Fsp3) is 0.462. The summed E-state index contributed by atoms with van der Waals surface area (Å²) in [4.78, 5) is 11.8. The summed E-state index contributed by atoms with van der Waals surface area (Å²) in [5.74, 6) is -0.288. The van der Waals surface area contributed by atoms with Crippen LogP contribution in [0, 0.1) is 11.7 Å². The molecule has 0 radical (unpaired) electrons. The summed E-state index contributed by atoms with van der Waals surface area (Å²) in [5.41, 5.74) is 0.0750. The lowest BCUT2D eigenvalue weighted by Gasteiger charge is -2.09. The van der Waals surface area contributed by atoms with E-state index in [2.05, 4.69) is 44.1 Å². The summed E-state index contributed by atoms with van der Waals surface area (Å²) in [6.07, 6.45) is 1.93. The molecule has 0 aliphatic carbocycles. The number of amides is 1. The van der Waals surface area contributed by atoms with Crippen LogP contribution < -0.4 is 5.32 Å². The third-order valence-electron chi connectivity index (χ3n) is 2.61. The van der Waals surface area contributed by atoms with Gasteiger partial charge in [0.2, 0.25) is 0 Å². The van der Waals surface area contributed by atoms with Crippen LogP contribution >= 0.6 is 31.9 Å². The Morgan fingerprint density at radius 2 is 2.22 bits per heavy atom. The first-order valence-electron chi connectivity index (χ1n) is 5.84. The Hall–Kier alpha value is -0.420. The number of benzene rings is 1. The zero-order valence-electron chi connectivity index (χ0n) is 10.2. The first-order chi connectivity index (χ1) is 8.56. The molecule has 0 saturated carbocycles. The highest BCUT2D eigenvalue weighted by Gasteiger charge is 2.14. The number of alkyl halides is 1. The largest absolute Gasteiger partial charge is 0.352 e. The molecule has 5 heteroatoms. The molecule has 1 amide bonds. The van der Waals surface area contributed by atoms with E-state index in [1.54, 1.807) is 12.1 Å². The molecule has 0 bridgehead atoms. The SMILES string of the molecule is CC(CBr)CCCNC(=O)c1c(F)cccc1Br. The van der Waals surface area contributed by atoms with Crippen molar-refractivity contribution in [2.75, 3.05) is 11.9 Å². The Morgan fingerprint density at radius 1 is 1.50 bits per heavy atom. The monoisotopic (exact) mass is 379 g/mol. The Morgan fingerprint density at radius 3 is 2.83 bits per heavy atom. The van der Waals surface area contributed by atoms with E-state index in [4.69, 9.17) is 0 Å². The van der Waals surface area contributed by atoms with E-state index in [1.807, 2.05) is 0 Å². The molecular weight excluding hydrogens is 365 g/mol. The van der Waals surface area contributed by atoms with Gasteiger partial charge in [-0.2, -0.15) is 0 Å². The van der Waals surface area contributed by atoms with Gasteiger partial charge < -0.3 is 5.32 Å². The summed E-state index contributed by atoms with van der Waals surface area (Å²) in [6.45, 7) is 2.71. The lowest BCUT2D eigenvalue weighted by atomic mass is 10.1. The molecular formula is C13H16Br2FNO. The highest BCUT2D eigenvalue weighted by Crippen LogP contribution is 2.19. The van der Waals surface area contributed by atoms with Gasteiger partial charge in [0, 0.05) is 16.3 Å². The molecule has 1 atom stereocenters. The van der Waals surface area contributed by atoms with Crippen LogP contribution in [-0.4, -0.2) is 17.8 Å². The van der Waals surface area contributed by atoms with E-state index in [9.17, 15) is 9.18 Å². The minimum absolute atomic E-state index is 0.0750. The maximum atomic E-state index is 13.5. The number of carbonyl (C=O) groups is 1. The van der Waals surface area contributed by atoms with E-state index in [0.717, 1.165) is 18.2 Å². The molecule has 0 aromatic heterocycles. The molecule has 100 valence electrons. The van der Waals surface area contributed by atoms with Gasteiger partial charge in [0.1, 0.15) is 5.82 Å². The number of rotatable bonds is 6. The predicted molar refractivity (Wildman–Crippen MR) is 78.6 cm³/mol. The van der Waals surface area contributed by atoms with Gasteiger partial charge in [-0.3, -0.25) is 4.79 Å². The van der Waals surface area contributed by atoms with Crippen LogP contribution in [0.25, 0.3) is 0 Å². The van der Waals surface area contributed by atoms with Crippen molar-refractivity contribution in [1.29, 1.82) is 0 Å². The molecule has 1 rings (SSSR count). The van der Waals surface area contributed by atoms with Gasteiger partial charge in [-0.05, 0) is 46.8 Å². The number of halogens is 3. The lowest BCUT2D eigenvalue weighted by Crippen LogP contribution is -2.26. The predicted octanol–water partition coefficient (Wildman–Crippen LogP) is 4.13. The molecule has 0 spiro atoms. The van der Waals surface area contributed by atoms with Crippen molar-refractivity contribution >= 4 is 37.8 Å². The van der Waals surface area contributed by atoms with Gasteiger partial charge in [0.25, 0.3) is 5.91 Å². The molecule has 0 aliphatic rings. The minimum atomic E-state index is -0.504. The molecule has 2 nitrogen and oxygen atoms in total. The third kappa shape index (κ3) is 4.69. The van der Waals surface area contributed by atoms with Crippen molar-refractivity contribution in [3.63, 3.8) is 0 Å². The molecule has 18 heavy (non-hydrogen) atoms. The van der Waals surface area contributed by atoms with Crippen LogP contribution in [0.1, 0.15) is 30.1 Å². The topological polar surface area (TPSA) is 29.1 Å². The second-order valence-corrected chi connectivity index (χ2v) is 5.76. The normalized spacial score (nSPS) is 12.2. The molecule has 0 saturated heterocycles. The van der Waals surface area contributed by atoms with Gasteiger partial charge in [0.05, 0.1) is 5.56 Å². The molecule has 1 aromatic rings. The van der Waals surface area contributed by atoms with Gasteiger partial charge in [-0.15, -0.1) is 0 Å². The second kappa shape index (κ2) is 7.89. The van der Waals surface area contributed by atoms with Crippen molar-refractivity contribution in [3.8, 4) is 0 Å². The van der Waals surface area contributed by atoms with Crippen molar-refractivity contribution in [1.82, 2.24) is 5.32 Å². The maximum absolute atomic E-state index is 13.5. The fourth-order valence-corrected chi connectivity index (χ4v) is 2.38. The van der Waals surface area contributed by atoms with Crippen LogP contribution in [0.5, 0.6) is 0 Å². The maximum Gasteiger partial charge on any atom is 0.255 e. The van der Waals surface area contributed by atoms with Crippen molar-refractivity contribution in [3.05, 3.63) is 34.1 Å². The summed E-state index contributed by atoms with van der Waals surface area (Å²) in [6, 6.07) is 4.51.